The first-order valence-corrected chi connectivity index (χ1v) is 4.23. The predicted molar refractivity (Wildman–Crippen MR) is 46.7 cm³/mol. The summed E-state index contributed by atoms with van der Waals surface area (Å²) in [6, 6.07) is 0.431. The average molecular weight is 176 g/mol. The van der Waals surface area contributed by atoms with Crippen molar-refractivity contribution in [2.24, 2.45) is 0 Å². The standard InChI is InChI=1S/C8H14ClNO/c1-6(9)4-10-5-8(11)3-7(10)2/h7-8,11H,1,3-5H2,2H3. The van der Waals surface area contributed by atoms with Gasteiger partial charge in [-0.2, -0.15) is 0 Å². The van der Waals surface area contributed by atoms with Gasteiger partial charge < -0.3 is 5.11 Å². The Morgan fingerprint density at radius 3 is 2.82 bits per heavy atom. The summed E-state index contributed by atoms with van der Waals surface area (Å²) < 4.78 is 0. The fraction of sp³-hybridized carbons (Fsp3) is 0.750. The highest BCUT2D eigenvalue weighted by Gasteiger charge is 2.26. The second kappa shape index (κ2) is 3.57. The first kappa shape index (κ1) is 9.04. The molecule has 11 heavy (non-hydrogen) atoms. The first-order chi connectivity index (χ1) is 5.09. The van der Waals surface area contributed by atoms with Crippen molar-refractivity contribution in [3.63, 3.8) is 0 Å². The van der Waals surface area contributed by atoms with Gasteiger partial charge >= 0.3 is 0 Å². The zero-order chi connectivity index (χ0) is 8.43. The number of halogens is 1. The summed E-state index contributed by atoms with van der Waals surface area (Å²) >= 11 is 5.65. The Morgan fingerprint density at radius 1 is 1.82 bits per heavy atom. The molecule has 0 spiro atoms. The molecular formula is C8H14ClNO. The minimum absolute atomic E-state index is 0.180. The summed E-state index contributed by atoms with van der Waals surface area (Å²) in [4.78, 5) is 2.14. The number of rotatable bonds is 2. The van der Waals surface area contributed by atoms with Gasteiger partial charge in [-0.1, -0.05) is 18.2 Å². The smallest absolute Gasteiger partial charge is 0.0682 e. The molecule has 1 N–H and O–H groups in total. The van der Waals surface area contributed by atoms with E-state index in [9.17, 15) is 5.11 Å². The van der Waals surface area contributed by atoms with Crippen molar-refractivity contribution in [2.45, 2.75) is 25.5 Å². The Bertz CT molecular complexity index is 160. The van der Waals surface area contributed by atoms with Gasteiger partial charge in [0.2, 0.25) is 0 Å². The molecule has 0 aromatic heterocycles. The molecule has 1 rings (SSSR count). The Morgan fingerprint density at radius 2 is 2.45 bits per heavy atom. The quantitative estimate of drug-likeness (QED) is 0.682. The Kier molecular flexibility index (Phi) is 2.93. The molecule has 0 bridgehead atoms. The van der Waals surface area contributed by atoms with Crippen LogP contribution in [0.15, 0.2) is 11.6 Å². The van der Waals surface area contributed by atoms with Crippen molar-refractivity contribution in [3.05, 3.63) is 11.6 Å². The van der Waals surface area contributed by atoms with Gasteiger partial charge in [-0.25, -0.2) is 0 Å². The van der Waals surface area contributed by atoms with E-state index in [1.54, 1.807) is 0 Å². The SMILES string of the molecule is C=C(Cl)CN1CC(O)CC1C. The molecule has 1 aliphatic heterocycles. The third-order valence-corrected chi connectivity index (χ3v) is 2.18. The maximum atomic E-state index is 9.27. The monoisotopic (exact) mass is 175 g/mol. The number of aliphatic hydroxyl groups is 1. The third-order valence-electron chi connectivity index (χ3n) is 2.06. The normalized spacial score (nSPS) is 32.6. The van der Waals surface area contributed by atoms with E-state index in [0.29, 0.717) is 17.6 Å². The molecule has 0 aliphatic carbocycles. The van der Waals surface area contributed by atoms with E-state index in [-0.39, 0.29) is 6.10 Å². The van der Waals surface area contributed by atoms with Gasteiger partial charge in [-0.15, -0.1) is 0 Å². The maximum absolute atomic E-state index is 9.27. The van der Waals surface area contributed by atoms with Crippen LogP contribution < -0.4 is 0 Å². The lowest BCUT2D eigenvalue weighted by atomic mass is 10.2. The number of β-amino-alcohol motifs (C(OH)–C–C–N with tert-alkyl or cyclic N) is 1. The van der Waals surface area contributed by atoms with Crippen LogP contribution in [0.3, 0.4) is 0 Å². The molecule has 1 fully saturated rings. The van der Waals surface area contributed by atoms with Crippen LogP contribution in [-0.4, -0.2) is 35.2 Å². The molecule has 2 atom stereocenters. The minimum atomic E-state index is -0.180. The molecule has 0 aromatic rings. The molecule has 3 heteroatoms. The number of likely N-dealkylation sites (tertiary alicyclic amines) is 1. The highest BCUT2D eigenvalue weighted by Crippen LogP contribution is 2.18. The number of hydrogen-bond donors (Lipinski definition) is 1. The molecule has 0 aromatic carbocycles. The van der Waals surface area contributed by atoms with Crippen molar-refractivity contribution >= 4 is 11.6 Å². The Balaban J connectivity index is 2.40. The summed E-state index contributed by atoms with van der Waals surface area (Å²) in [7, 11) is 0. The zero-order valence-corrected chi connectivity index (χ0v) is 7.51. The van der Waals surface area contributed by atoms with Crippen LogP contribution in [0.5, 0.6) is 0 Å². The van der Waals surface area contributed by atoms with Crippen molar-refractivity contribution in [3.8, 4) is 0 Å². The van der Waals surface area contributed by atoms with Gasteiger partial charge in [-0.3, -0.25) is 4.90 Å². The molecule has 1 heterocycles. The van der Waals surface area contributed by atoms with Gasteiger partial charge in [0, 0.05) is 24.2 Å². The number of nitrogens with zero attached hydrogens (tertiary/aromatic N) is 1. The first-order valence-electron chi connectivity index (χ1n) is 3.85. The summed E-state index contributed by atoms with van der Waals surface area (Å²) in [6.45, 7) is 7.14. The summed E-state index contributed by atoms with van der Waals surface area (Å²) in [5, 5.41) is 9.91. The van der Waals surface area contributed by atoms with Crippen LogP contribution in [0.25, 0.3) is 0 Å². The summed E-state index contributed by atoms with van der Waals surface area (Å²) in [6.07, 6.45) is 0.672. The van der Waals surface area contributed by atoms with E-state index >= 15 is 0 Å². The van der Waals surface area contributed by atoms with Crippen LogP contribution in [0, 0.1) is 0 Å². The van der Waals surface area contributed by atoms with Gasteiger partial charge in [0.1, 0.15) is 0 Å². The maximum Gasteiger partial charge on any atom is 0.0682 e. The van der Waals surface area contributed by atoms with Crippen molar-refractivity contribution in [1.82, 2.24) is 4.90 Å². The third kappa shape index (κ3) is 2.47. The second-order valence-electron chi connectivity index (χ2n) is 3.19. The highest BCUT2D eigenvalue weighted by molar-refractivity contribution is 6.29. The average Bonchev–Trinajstić information content (AvgIpc) is 2.09. The van der Waals surface area contributed by atoms with Crippen molar-refractivity contribution in [1.29, 1.82) is 0 Å². The molecular weight excluding hydrogens is 162 g/mol. The van der Waals surface area contributed by atoms with E-state index in [1.165, 1.54) is 0 Å². The summed E-state index contributed by atoms with van der Waals surface area (Å²) in [5.41, 5.74) is 0. The van der Waals surface area contributed by atoms with Crippen LogP contribution in [0.4, 0.5) is 0 Å². The van der Waals surface area contributed by atoms with Crippen LogP contribution in [0.2, 0.25) is 0 Å². The fourth-order valence-electron chi connectivity index (χ4n) is 1.51. The molecule has 2 unspecified atom stereocenters. The zero-order valence-electron chi connectivity index (χ0n) is 6.76. The summed E-state index contributed by atoms with van der Waals surface area (Å²) in [5.74, 6) is 0. The van der Waals surface area contributed by atoms with E-state index in [4.69, 9.17) is 11.6 Å². The second-order valence-corrected chi connectivity index (χ2v) is 3.72. The van der Waals surface area contributed by atoms with Crippen LogP contribution >= 0.6 is 11.6 Å². The highest BCUT2D eigenvalue weighted by atomic mass is 35.5. The lowest BCUT2D eigenvalue weighted by molar-refractivity contribution is 0.179. The molecule has 0 amide bonds. The number of aliphatic hydroxyl groups excluding tert-OH is 1. The molecule has 1 aliphatic rings. The molecule has 1 saturated heterocycles. The van der Waals surface area contributed by atoms with E-state index in [2.05, 4.69) is 18.4 Å². The largest absolute Gasteiger partial charge is 0.392 e. The van der Waals surface area contributed by atoms with Crippen LogP contribution in [0.1, 0.15) is 13.3 Å². The van der Waals surface area contributed by atoms with Gasteiger partial charge in [0.15, 0.2) is 0 Å². The molecule has 0 radical (unpaired) electrons. The van der Waals surface area contributed by atoms with Crippen LogP contribution in [-0.2, 0) is 0 Å². The van der Waals surface area contributed by atoms with Crippen molar-refractivity contribution < 1.29 is 5.11 Å². The number of hydrogen-bond acceptors (Lipinski definition) is 2. The Hall–Kier alpha value is -0.0500. The van der Waals surface area contributed by atoms with Crippen molar-refractivity contribution in [2.75, 3.05) is 13.1 Å². The Labute approximate surface area is 72.5 Å². The van der Waals surface area contributed by atoms with Gasteiger partial charge in [0.25, 0.3) is 0 Å². The lowest BCUT2D eigenvalue weighted by Gasteiger charge is -2.19. The molecule has 2 nitrogen and oxygen atoms in total. The minimum Gasteiger partial charge on any atom is -0.392 e. The van der Waals surface area contributed by atoms with Gasteiger partial charge in [-0.05, 0) is 13.3 Å². The topological polar surface area (TPSA) is 23.5 Å². The lowest BCUT2D eigenvalue weighted by Crippen LogP contribution is -2.28. The van der Waals surface area contributed by atoms with E-state index in [0.717, 1.165) is 13.0 Å². The molecule has 0 saturated carbocycles. The van der Waals surface area contributed by atoms with Gasteiger partial charge in [0.05, 0.1) is 6.10 Å². The fourth-order valence-corrected chi connectivity index (χ4v) is 1.66. The van der Waals surface area contributed by atoms with E-state index < -0.39 is 0 Å². The van der Waals surface area contributed by atoms with E-state index in [1.807, 2.05) is 0 Å². The predicted octanol–water partition coefficient (Wildman–Crippen LogP) is 1.19. The molecule has 64 valence electrons.